The van der Waals surface area contributed by atoms with E-state index in [0.717, 1.165) is 6.07 Å². The van der Waals surface area contributed by atoms with Crippen molar-refractivity contribution in [2.45, 2.75) is 18.3 Å². The minimum absolute atomic E-state index is 0.0151. The molecule has 5 nitrogen and oxygen atoms in total. The molecule has 0 saturated carbocycles. The monoisotopic (exact) mass is 383 g/mol. The van der Waals surface area contributed by atoms with Crippen LogP contribution in [0.2, 0.25) is 5.02 Å². The molecule has 0 radical (unpaired) electrons. The van der Waals surface area contributed by atoms with Gasteiger partial charge in [0.1, 0.15) is 17.7 Å². The molecule has 2 N–H and O–H groups in total. The number of hydrogen-bond acceptors (Lipinski definition) is 5. The first-order valence-electron chi connectivity index (χ1n) is 7.40. The Morgan fingerprint density at radius 1 is 1.24 bits per heavy atom. The van der Waals surface area contributed by atoms with Crippen LogP contribution >= 0.6 is 11.6 Å². The van der Waals surface area contributed by atoms with Crippen LogP contribution in [0.5, 0.6) is 0 Å². The Morgan fingerprint density at radius 2 is 1.96 bits per heavy atom. The van der Waals surface area contributed by atoms with Crippen LogP contribution in [-0.4, -0.2) is 8.42 Å². The molecule has 0 saturated heterocycles. The first-order valence-corrected chi connectivity index (χ1v) is 9.36. The molecule has 1 unspecified atom stereocenters. The van der Waals surface area contributed by atoms with E-state index in [1.165, 1.54) is 12.1 Å². The summed E-state index contributed by atoms with van der Waals surface area (Å²) in [5.41, 5.74) is 6.84. The number of rotatable bonds is 5. The quantitative estimate of drug-likeness (QED) is 0.798. The van der Waals surface area contributed by atoms with Crippen molar-refractivity contribution in [3.63, 3.8) is 0 Å². The Balaban J connectivity index is 1.72. The minimum atomic E-state index is -3.88. The highest BCUT2D eigenvalue weighted by Crippen LogP contribution is 2.38. The number of benzene rings is 2. The van der Waals surface area contributed by atoms with E-state index >= 15 is 0 Å². The fourth-order valence-corrected chi connectivity index (χ4v) is 3.91. The lowest BCUT2D eigenvalue weighted by Gasteiger charge is -2.12. The number of halogens is 2. The molecule has 1 aliphatic rings. The van der Waals surface area contributed by atoms with Crippen LogP contribution < -0.4 is 5.73 Å². The van der Waals surface area contributed by atoms with E-state index in [-0.39, 0.29) is 28.8 Å². The van der Waals surface area contributed by atoms with Crippen molar-refractivity contribution in [2.24, 2.45) is 5.73 Å². The van der Waals surface area contributed by atoms with Gasteiger partial charge in [-0.2, -0.15) is 8.42 Å². The summed E-state index contributed by atoms with van der Waals surface area (Å²) in [5, 5.41) is 0.172. The summed E-state index contributed by atoms with van der Waals surface area (Å²) in [6, 6.07) is 12.5. The van der Waals surface area contributed by atoms with Gasteiger partial charge >= 0.3 is 10.1 Å². The third-order valence-corrected chi connectivity index (χ3v) is 5.11. The first-order chi connectivity index (χ1) is 11.8. The average molecular weight is 384 g/mol. The van der Waals surface area contributed by atoms with Crippen molar-refractivity contribution in [1.29, 1.82) is 0 Å². The summed E-state index contributed by atoms with van der Waals surface area (Å²) in [6.45, 7) is 0. The summed E-state index contributed by atoms with van der Waals surface area (Å²) in [5.74, 6) is -0.870. The van der Waals surface area contributed by atoms with Crippen LogP contribution in [0.4, 0.5) is 4.39 Å². The third-order valence-electron chi connectivity index (χ3n) is 3.64. The lowest BCUT2D eigenvalue weighted by Crippen LogP contribution is -2.10. The SMILES string of the molecule is NC1=C(OS(=O)(=O)Cc2ccccc2)CC(c2ccc(F)cc2Cl)O1. The van der Waals surface area contributed by atoms with Gasteiger partial charge in [0.15, 0.2) is 5.76 Å². The predicted molar refractivity (Wildman–Crippen MR) is 91.2 cm³/mol. The van der Waals surface area contributed by atoms with Gasteiger partial charge in [-0.05, 0) is 17.7 Å². The van der Waals surface area contributed by atoms with E-state index in [1.54, 1.807) is 30.3 Å². The fourth-order valence-electron chi connectivity index (χ4n) is 2.50. The molecule has 25 heavy (non-hydrogen) atoms. The zero-order valence-corrected chi connectivity index (χ0v) is 14.6. The van der Waals surface area contributed by atoms with Gasteiger partial charge in [-0.3, -0.25) is 0 Å². The van der Waals surface area contributed by atoms with E-state index in [0.29, 0.717) is 11.1 Å². The van der Waals surface area contributed by atoms with Crippen molar-refractivity contribution < 1.29 is 21.7 Å². The van der Waals surface area contributed by atoms with Crippen molar-refractivity contribution >= 4 is 21.7 Å². The largest absolute Gasteiger partial charge is 0.468 e. The molecule has 0 aromatic heterocycles. The summed E-state index contributed by atoms with van der Waals surface area (Å²) in [4.78, 5) is 0. The minimum Gasteiger partial charge on any atom is -0.468 e. The smallest absolute Gasteiger partial charge is 0.313 e. The van der Waals surface area contributed by atoms with Gasteiger partial charge in [0.05, 0.1) is 11.4 Å². The van der Waals surface area contributed by atoms with Gasteiger partial charge in [0.2, 0.25) is 5.88 Å². The van der Waals surface area contributed by atoms with E-state index in [9.17, 15) is 12.8 Å². The molecular weight excluding hydrogens is 369 g/mol. The van der Waals surface area contributed by atoms with Gasteiger partial charge in [0, 0.05) is 5.56 Å². The summed E-state index contributed by atoms with van der Waals surface area (Å²) < 4.78 is 48.1. The lowest BCUT2D eigenvalue weighted by atomic mass is 10.1. The molecule has 0 bridgehead atoms. The van der Waals surface area contributed by atoms with E-state index in [2.05, 4.69) is 0 Å². The van der Waals surface area contributed by atoms with Gasteiger partial charge in [-0.15, -0.1) is 0 Å². The van der Waals surface area contributed by atoms with Crippen molar-refractivity contribution in [3.8, 4) is 0 Å². The molecule has 3 rings (SSSR count). The van der Waals surface area contributed by atoms with E-state index in [1.807, 2.05) is 0 Å². The molecule has 0 fully saturated rings. The molecule has 2 aromatic rings. The van der Waals surface area contributed by atoms with Crippen LogP contribution in [0.25, 0.3) is 0 Å². The summed E-state index contributed by atoms with van der Waals surface area (Å²) in [6.07, 6.45) is -0.541. The Morgan fingerprint density at radius 3 is 2.64 bits per heavy atom. The van der Waals surface area contributed by atoms with Crippen molar-refractivity contribution in [3.05, 3.63) is 82.1 Å². The molecule has 1 aliphatic heterocycles. The molecule has 132 valence electrons. The van der Waals surface area contributed by atoms with Gasteiger partial charge in [0.25, 0.3) is 0 Å². The van der Waals surface area contributed by atoms with Crippen LogP contribution in [0.3, 0.4) is 0 Å². The maximum atomic E-state index is 13.2. The highest BCUT2D eigenvalue weighted by molar-refractivity contribution is 7.86. The molecule has 2 aromatic carbocycles. The van der Waals surface area contributed by atoms with Crippen LogP contribution in [-0.2, 0) is 24.8 Å². The standard InChI is InChI=1S/C17H15ClFNO4S/c18-14-8-12(19)6-7-13(14)15-9-16(17(20)23-15)24-25(21,22)10-11-4-2-1-3-5-11/h1-8,15H,9-10,20H2. The van der Waals surface area contributed by atoms with Gasteiger partial charge in [-0.1, -0.05) is 48.0 Å². The summed E-state index contributed by atoms with van der Waals surface area (Å²) in [7, 11) is -3.88. The average Bonchev–Trinajstić information content (AvgIpc) is 2.87. The maximum absolute atomic E-state index is 13.2. The second-order valence-corrected chi connectivity index (χ2v) is 7.51. The highest BCUT2D eigenvalue weighted by Gasteiger charge is 2.31. The zero-order chi connectivity index (χ0) is 18.0. The normalized spacial score (nSPS) is 17.4. The number of nitrogens with two attached hydrogens (primary N) is 1. The van der Waals surface area contributed by atoms with Crippen LogP contribution in [0.15, 0.2) is 60.2 Å². The van der Waals surface area contributed by atoms with E-state index in [4.69, 9.17) is 26.3 Å². The van der Waals surface area contributed by atoms with Crippen LogP contribution in [0, 0.1) is 5.82 Å². The number of ether oxygens (including phenoxy) is 1. The highest BCUT2D eigenvalue weighted by atomic mass is 35.5. The Hall–Kier alpha value is -2.25. The Bertz CT molecular complexity index is 916. The molecule has 0 amide bonds. The first kappa shape index (κ1) is 17.6. The summed E-state index contributed by atoms with van der Waals surface area (Å²) >= 11 is 6.01. The van der Waals surface area contributed by atoms with Gasteiger partial charge in [-0.25, -0.2) is 4.39 Å². The molecule has 0 spiro atoms. The fraction of sp³-hybridized carbons (Fsp3) is 0.176. The Kier molecular flexibility index (Phi) is 4.87. The van der Waals surface area contributed by atoms with Crippen LogP contribution in [0.1, 0.15) is 23.7 Å². The lowest BCUT2D eigenvalue weighted by molar-refractivity contribution is 0.143. The van der Waals surface area contributed by atoms with Crippen molar-refractivity contribution in [1.82, 2.24) is 0 Å². The van der Waals surface area contributed by atoms with Crippen molar-refractivity contribution in [2.75, 3.05) is 0 Å². The molecule has 1 heterocycles. The third kappa shape index (κ3) is 4.24. The van der Waals surface area contributed by atoms with E-state index < -0.39 is 22.0 Å². The molecule has 1 atom stereocenters. The second kappa shape index (κ2) is 6.93. The maximum Gasteiger partial charge on any atom is 0.313 e. The van der Waals surface area contributed by atoms with Gasteiger partial charge < -0.3 is 14.7 Å². The topological polar surface area (TPSA) is 78.6 Å². The Labute approximate surface area is 149 Å². The number of hydrogen-bond donors (Lipinski definition) is 1. The molecule has 8 heteroatoms. The second-order valence-electron chi connectivity index (χ2n) is 5.53. The zero-order valence-electron chi connectivity index (χ0n) is 13.0. The predicted octanol–water partition coefficient (Wildman–Crippen LogP) is 3.61. The molecular formula is C17H15ClFNO4S. The molecule has 0 aliphatic carbocycles.